The number of oxazole rings is 1. The van der Waals surface area contributed by atoms with Crippen LogP contribution >= 0.6 is 0 Å². The zero-order valence-corrected chi connectivity index (χ0v) is 18.6. The van der Waals surface area contributed by atoms with Gasteiger partial charge >= 0.3 is 12.1 Å². The maximum absolute atomic E-state index is 11.6. The smallest absolute Gasteiger partial charge is 0.415 e. The number of amides is 1. The number of alkyl carbamates (subject to hydrolysis) is 1. The SMILES string of the molecule is CCOc1cc(CCCC2NC(=O)OC2=O)ccc1OCc1nc(-c2ccccc2)oc1C. The molecule has 1 unspecified atom stereocenters. The molecule has 0 spiro atoms. The van der Waals surface area contributed by atoms with Gasteiger partial charge in [-0.3, -0.25) is 0 Å². The number of benzene rings is 2. The Bertz CT molecular complexity index is 1130. The van der Waals surface area contributed by atoms with Crippen molar-refractivity contribution >= 4 is 12.1 Å². The summed E-state index contributed by atoms with van der Waals surface area (Å²) in [5.74, 6) is 2.02. The molecule has 1 amide bonds. The summed E-state index contributed by atoms with van der Waals surface area (Å²) in [5, 5.41) is 2.51. The van der Waals surface area contributed by atoms with Gasteiger partial charge in [0, 0.05) is 5.56 Å². The molecule has 1 atom stereocenters. The first-order valence-corrected chi connectivity index (χ1v) is 11.0. The minimum Gasteiger partial charge on any atom is -0.490 e. The van der Waals surface area contributed by atoms with Gasteiger partial charge in [0.05, 0.1) is 6.61 Å². The number of hydrogen-bond acceptors (Lipinski definition) is 7. The van der Waals surface area contributed by atoms with Crippen molar-refractivity contribution in [3.8, 4) is 23.0 Å². The molecule has 2 aromatic carbocycles. The molecule has 1 fully saturated rings. The van der Waals surface area contributed by atoms with Crippen molar-refractivity contribution in [2.24, 2.45) is 0 Å². The fourth-order valence-corrected chi connectivity index (χ4v) is 3.60. The monoisotopic (exact) mass is 450 g/mol. The molecule has 0 bridgehead atoms. The van der Waals surface area contributed by atoms with Crippen LogP contribution in [0.5, 0.6) is 11.5 Å². The van der Waals surface area contributed by atoms with E-state index in [2.05, 4.69) is 15.0 Å². The molecule has 8 heteroatoms. The van der Waals surface area contributed by atoms with Crippen molar-refractivity contribution in [2.75, 3.05) is 6.61 Å². The topological polar surface area (TPSA) is 99.9 Å². The van der Waals surface area contributed by atoms with Crippen molar-refractivity contribution in [3.63, 3.8) is 0 Å². The van der Waals surface area contributed by atoms with Crippen LogP contribution in [0, 0.1) is 6.92 Å². The Hall–Kier alpha value is -3.81. The summed E-state index contributed by atoms with van der Waals surface area (Å²) < 4.78 is 22.1. The lowest BCUT2D eigenvalue weighted by molar-refractivity contribution is -0.135. The molecule has 0 saturated carbocycles. The average Bonchev–Trinajstić information content (AvgIpc) is 3.34. The summed E-state index contributed by atoms with van der Waals surface area (Å²) in [4.78, 5) is 27.2. The van der Waals surface area contributed by atoms with Gasteiger partial charge < -0.3 is 23.9 Å². The van der Waals surface area contributed by atoms with Gasteiger partial charge in [0.1, 0.15) is 24.1 Å². The van der Waals surface area contributed by atoms with E-state index in [9.17, 15) is 9.59 Å². The van der Waals surface area contributed by atoms with Crippen LogP contribution in [-0.4, -0.2) is 29.7 Å². The van der Waals surface area contributed by atoms with Gasteiger partial charge in [-0.2, -0.15) is 0 Å². The lowest BCUT2D eigenvalue weighted by Crippen LogP contribution is -2.28. The lowest BCUT2D eigenvalue weighted by atomic mass is 10.0. The van der Waals surface area contributed by atoms with Gasteiger partial charge in [0.2, 0.25) is 5.89 Å². The van der Waals surface area contributed by atoms with Crippen LogP contribution in [0.2, 0.25) is 0 Å². The summed E-state index contributed by atoms with van der Waals surface area (Å²) >= 11 is 0. The summed E-state index contributed by atoms with van der Waals surface area (Å²) in [6.45, 7) is 4.54. The van der Waals surface area contributed by atoms with Crippen LogP contribution in [0.4, 0.5) is 4.79 Å². The van der Waals surface area contributed by atoms with Gasteiger partial charge in [-0.25, -0.2) is 14.6 Å². The first kappa shape index (κ1) is 22.4. The van der Waals surface area contributed by atoms with E-state index in [1.54, 1.807) is 0 Å². The molecule has 3 aromatic rings. The fourth-order valence-electron chi connectivity index (χ4n) is 3.60. The maximum atomic E-state index is 11.6. The molecule has 0 aliphatic carbocycles. The number of cyclic esters (lactones) is 2. The van der Waals surface area contributed by atoms with E-state index in [0.717, 1.165) is 23.2 Å². The van der Waals surface area contributed by atoms with Crippen molar-refractivity contribution in [1.82, 2.24) is 10.3 Å². The third-order valence-corrected chi connectivity index (χ3v) is 5.31. The number of rotatable bonds is 10. The van der Waals surface area contributed by atoms with Crippen LogP contribution in [0.15, 0.2) is 52.9 Å². The molecule has 1 N–H and O–H groups in total. The number of carbonyl (C=O) groups is 2. The van der Waals surface area contributed by atoms with Gasteiger partial charge in [0.25, 0.3) is 0 Å². The number of hydrogen-bond donors (Lipinski definition) is 1. The highest BCUT2D eigenvalue weighted by Crippen LogP contribution is 2.31. The Kier molecular flexibility index (Phi) is 6.92. The third kappa shape index (κ3) is 5.52. The average molecular weight is 450 g/mol. The van der Waals surface area contributed by atoms with Crippen molar-refractivity contribution in [2.45, 2.75) is 45.8 Å². The number of esters is 1. The predicted molar refractivity (Wildman–Crippen MR) is 120 cm³/mol. The van der Waals surface area contributed by atoms with Crippen LogP contribution in [-0.2, 0) is 22.6 Å². The zero-order chi connectivity index (χ0) is 23.2. The summed E-state index contributed by atoms with van der Waals surface area (Å²) in [6, 6.07) is 14.9. The molecule has 172 valence electrons. The van der Waals surface area contributed by atoms with Gasteiger partial charge in [-0.15, -0.1) is 0 Å². The molecule has 2 heterocycles. The quantitative estimate of drug-likeness (QED) is 0.356. The van der Waals surface area contributed by atoms with E-state index < -0.39 is 18.1 Å². The molecule has 33 heavy (non-hydrogen) atoms. The molecule has 8 nitrogen and oxygen atoms in total. The van der Waals surface area contributed by atoms with Crippen molar-refractivity contribution in [3.05, 3.63) is 65.5 Å². The van der Waals surface area contributed by atoms with Gasteiger partial charge in [-0.1, -0.05) is 24.3 Å². The van der Waals surface area contributed by atoms with Gasteiger partial charge in [-0.05, 0) is 62.9 Å². The summed E-state index contributed by atoms with van der Waals surface area (Å²) in [6.07, 6.45) is 1.28. The van der Waals surface area contributed by atoms with E-state index >= 15 is 0 Å². The highest BCUT2D eigenvalue weighted by molar-refractivity contribution is 5.95. The van der Waals surface area contributed by atoms with Crippen molar-refractivity contribution in [1.29, 1.82) is 0 Å². The molecular weight excluding hydrogens is 424 g/mol. The Morgan fingerprint density at radius 3 is 2.61 bits per heavy atom. The predicted octanol–water partition coefficient (Wildman–Crippen LogP) is 4.59. The second-order valence-electron chi connectivity index (χ2n) is 7.69. The second-order valence-corrected chi connectivity index (χ2v) is 7.69. The van der Waals surface area contributed by atoms with E-state index in [0.29, 0.717) is 42.6 Å². The highest BCUT2D eigenvalue weighted by atomic mass is 16.6. The summed E-state index contributed by atoms with van der Waals surface area (Å²) in [5.41, 5.74) is 2.69. The van der Waals surface area contributed by atoms with Crippen LogP contribution in [0.1, 0.15) is 36.8 Å². The highest BCUT2D eigenvalue weighted by Gasteiger charge is 2.31. The zero-order valence-electron chi connectivity index (χ0n) is 18.6. The number of nitrogens with zero attached hydrogens (tertiary/aromatic N) is 1. The molecular formula is C25H26N2O6. The minimum atomic E-state index is -0.677. The van der Waals surface area contributed by atoms with E-state index in [-0.39, 0.29) is 6.61 Å². The molecule has 1 aliphatic heterocycles. The number of aromatic nitrogens is 1. The third-order valence-electron chi connectivity index (χ3n) is 5.31. The Balaban J connectivity index is 1.38. The number of nitrogens with one attached hydrogen (secondary N) is 1. The van der Waals surface area contributed by atoms with E-state index in [1.165, 1.54) is 0 Å². The number of ether oxygens (including phenoxy) is 3. The Labute approximate surface area is 191 Å². The van der Waals surface area contributed by atoms with Crippen LogP contribution in [0.3, 0.4) is 0 Å². The summed E-state index contributed by atoms with van der Waals surface area (Å²) in [7, 11) is 0. The molecule has 4 rings (SSSR count). The van der Waals surface area contributed by atoms with Gasteiger partial charge in [0.15, 0.2) is 11.5 Å². The molecule has 0 radical (unpaired) electrons. The number of carbonyl (C=O) groups excluding carboxylic acids is 2. The maximum Gasteiger partial charge on any atom is 0.415 e. The standard InChI is InChI=1S/C25H26N2O6/c1-3-30-22-14-17(8-7-11-19-24(28)33-25(29)27-19)12-13-21(22)31-15-20-16(2)32-23(26-20)18-9-5-4-6-10-18/h4-6,9-10,12-14,19H,3,7-8,11,15H2,1-2H3,(H,27,29). The first-order valence-electron chi connectivity index (χ1n) is 11.0. The first-order chi connectivity index (χ1) is 16.0. The molecule has 1 aliphatic rings. The molecule has 1 saturated heterocycles. The Morgan fingerprint density at radius 2 is 1.88 bits per heavy atom. The largest absolute Gasteiger partial charge is 0.490 e. The van der Waals surface area contributed by atoms with Crippen LogP contribution < -0.4 is 14.8 Å². The Morgan fingerprint density at radius 1 is 1.06 bits per heavy atom. The normalized spacial score (nSPS) is 15.3. The number of aryl methyl sites for hydroxylation is 2. The lowest BCUT2D eigenvalue weighted by Gasteiger charge is -2.13. The van der Waals surface area contributed by atoms with Crippen LogP contribution in [0.25, 0.3) is 11.5 Å². The molecule has 1 aromatic heterocycles. The second kappa shape index (κ2) is 10.2. The van der Waals surface area contributed by atoms with E-state index in [1.807, 2.05) is 62.4 Å². The van der Waals surface area contributed by atoms with Crippen molar-refractivity contribution < 1.29 is 28.2 Å². The van der Waals surface area contributed by atoms with E-state index in [4.69, 9.17) is 13.9 Å². The minimum absolute atomic E-state index is 0.255. The fraction of sp³-hybridized carbons (Fsp3) is 0.320.